The zero-order chi connectivity index (χ0) is 43.8. The Morgan fingerprint density at radius 3 is 1.90 bits per heavy atom. The lowest BCUT2D eigenvalue weighted by Crippen LogP contribution is -2.61. The number of ether oxygens (including phenoxy) is 3. The van der Waals surface area contributed by atoms with E-state index in [0.717, 1.165) is 5.56 Å². The van der Waals surface area contributed by atoms with Gasteiger partial charge < -0.3 is 39.5 Å². The third kappa shape index (κ3) is 10.7. The summed E-state index contributed by atoms with van der Waals surface area (Å²) in [7, 11) is 9.35. The molecule has 4 N–H and O–H groups in total. The number of hydrogen-bond donors (Lipinski definition) is 2. The number of benzene rings is 3. The number of nitrogens with zero attached hydrogens (tertiary/aromatic N) is 3. The maximum atomic E-state index is 14.9. The molecule has 14 heteroatoms. The number of methoxy groups -OCH3 is 2. The van der Waals surface area contributed by atoms with Gasteiger partial charge in [0.2, 0.25) is 11.8 Å². The van der Waals surface area contributed by atoms with Crippen LogP contribution in [0.15, 0.2) is 72.8 Å². The summed E-state index contributed by atoms with van der Waals surface area (Å²) in [5.74, 6) is -3.29. The van der Waals surface area contributed by atoms with E-state index in [-0.39, 0.29) is 18.6 Å². The molecule has 7 atom stereocenters. The summed E-state index contributed by atoms with van der Waals surface area (Å²) in [4.78, 5) is 75.3. The van der Waals surface area contributed by atoms with Crippen molar-refractivity contribution in [2.75, 3.05) is 42.4 Å². The first-order chi connectivity index (χ1) is 27.9. The second-order valence-electron chi connectivity index (χ2n) is 16.0. The first kappa shape index (κ1) is 46.1. The SMILES string of the molecule is CCC(C)[C@@H](OC(=O)[C@@H](Cc1ccc(OC)cc1)N(C)C)C(=O)N[C@@H](C(=O)N(C)C1(C(=O)N(C)[C@@H](Cc2ccc([OH2+])cc2)C(=O)OC)CC1c1ccc(O)cc1)C(C)C. The third-order valence-electron chi connectivity index (χ3n) is 11.5. The van der Waals surface area contributed by atoms with Crippen molar-refractivity contribution in [3.05, 3.63) is 89.5 Å². The molecule has 0 radical (unpaired) electrons. The summed E-state index contributed by atoms with van der Waals surface area (Å²) in [6.07, 6.45) is -0.0892. The van der Waals surface area contributed by atoms with Crippen LogP contribution in [-0.2, 0) is 46.3 Å². The smallest absolute Gasteiger partial charge is 0.328 e. The number of amides is 3. The van der Waals surface area contributed by atoms with E-state index in [0.29, 0.717) is 35.5 Å². The number of esters is 2. The van der Waals surface area contributed by atoms with E-state index in [1.807, 2.05) is 31.2 Å². The Kier molecular flexibility index (Phi) is 15.5. The monoisotopic (exact) mass is 817 g/mol. The van der Waals surface area contributed by atoms with Gasteiger partial charge in [-0.05, 0) is 92.4 Å². The lowest BCUT2D eigenvalue weighted by molar-refractivity contribution is -0.164. The van der Waals surface area contributed by atoms with Crippen LogP contribution in [0.3, 0.4) is 0 Å². The first-order valence-electron chi connectivity index (χ1n) is 19.9. The fourth-order valence-electron chi connectivity index (χ4n) is 7.39. The lowest BCUT2D eigenvalue weighted by atomic mass is 9.96. The van der Waals surface area contributed by atoms with Gasteiger partial charge in [-0.1, -0.05) is 52.0 Å². The predicted molar refractivity (Wildman–Crippen MR) is 223 cm³/mol. The van der Waals surface area contributed by atoms with Crippen LogP contribution in [0, 0.1) is 11.8 Å². The van der Waals surface area contributed by atoms with Gasteiger partial charge in [0.05, 0.1) is 14.2 Å². The molecule has 3 aromatic rings. The van der Waals surface area contributed by atoms with Gasteiger partial charge in [-0.15, -0.1) is 0 Å². The molecular formula is C45H61N4O10+. The highest BCUT2D eigenvalue weighted by molar-refractivity contribution is 6.00. The van der Waals surface area contributed by atoms with Crippen molar-refractivity contribution in [2.45, 2.75) is 89.1 Å². The van der Waals surface area contributed by atoms with Gasteiger partial charge in [0.15, 0.2) is 6.10 Å². The molecular weight excluding hydrogens is 757 g/mol. The molecule has 3 amide bonds. The minimum atomic E-state index is -1.47. The van der Waals surface area contributed by atoms with Crippen molar-refractivity contribution < 1.29 is 48.4 Å². The van der Waals surface area contributed by atoms with Crippen molar-refractivity contribution in [3.63, 3.8) is 0 Å². The second-order valence-corrected chi connectivity index (χ2v) is 16.0. The van der Waals surface area contributed by atoms with Gasteiger partial charge in [0.1, 0.15) is 35.2 Å². The number of phenols is 1. The van der Waals surface area contributed by atoms with Crippen LogP contribution < -0.4 is 10.1 Å². The number of carbonyl (C=O) groups excluding carboxylic acids is 5. The van der Waals surface area contributed by atoms with Crippen LogP contribution in [0.1, 0.15) is 63.1 Å². The molecule has 0 heterocycles. The zero-order valence-corrected chi connectivity index (χ0v) is 35.9. The van der Waals surface area contributed by atoms with Gasteiger partial charge in [0, 0.05) is 44.5 Å². The molecule has 0 aliphatic heterocycles. The molecule has 0 bridgehead atoms. The molecule has 1 fully saturated rings. The largest absolute Gasteiger partial charge is 0.593 e. The van der Waals surface area contributed by atoms with Gasteiger partial charge in [-0.25, -0.2) is 4.79 Å². The molecule has 0 saturated heterocycles. The Hall–Kier alpha value is -5.63. The number of phenolic OH excluding ortho intramolecular Hbond substituents is 1. The average Bonchev–Trinajstić information content (AvgIpc) is 3.98. The lowest BCUT2D eigenvalue weighted by Gasteiger charge is -2.37. The van der Waals surface area contributed by atoms with Crippen LogP contribution in [0.4, 0.5) is 0 Å². The van der Waals surface area contributed by atoms with Crippen molar-refractivity contribution in [2.24, 2.45) is 11.8 Å². The van der Waals surface area contributed by atoms with E-state index in [1.165, 1.54) is 43.1 Å². The van der Waals surface area contributed by atoms with E-state index in [2.05, 4.69) is 5.32 Å². The molecule has 0 spiro atoms. The number of hydrogen-bond acceptors (Lipinski definition) is 10. The number of nitrogens with one attached hydrogen (secondary N) is 1. The van der Waals surface area contributed by atoms with Gasteiger partial charge in [0.25, 0.3) is 11.7 Å². The van der Waals surface area contributed by atoms with Gasteiger partial charge >= 0.3 is 11.9 Å². The number of likely N-dealkylation sites (N-methyl/N-ethyl adjacent to an activating group) is 3. The number of carbonyl (C=O) groups is 5. The fraction of sp³-hybridized carbons (Fsp3) is 0.489. The minimum absolute atomic E-state index is 0.0362. The minimum Gasteiger partial charge on any atom is -0.593 e. The summed E-state index contributed by atoms with van der Waals surface area (Å²) in [6.45, 7) is 7.24. The molecule has 14 nitrogen and oxygen atoms in total. The highest BCUT2D eigenvalue weighted by atomic mass is 16.6. The Bertz CT molecular complexity index is 1920. The number of aromatic hydroxyl groups is 1. The highest BCUT2D eigenvalue weighted by Crippen LogP contribution is 2.56. The third-order valence-corrected chi connectivity index (χ3v) is 11.5. The van der Waals surface area contributed by atoms with Crippen molar-refractivity contribution in [3.8, 4) is 17.2 Å². The van der Waals surface area contributed by atoms with Gasteiger partial charge in [-0.2, -0.15) is 0 Å². The van der Waals surface area contributed by atoms with E-state index >= 15 is 0 Å². The van der Waals surface area contributed by atoms with E-state index in [9.17, 15) is 29.1 Å². The van der Waals surface area contributed by atoms with Crippen LogP contribution >= 0.6 is 0 Å². The molecule has 59 heavy (non-hydrogen) atoms. The Balaban J connectivity index is 1.63. The molecule has 320 valence electrons. The van der Waals surface area contributed by atoms with Crippen molar-refractivity contribution in [1.29, 1.82) is 0 Å². The quantitative estimate of drug-likeness (QED) is 0.133. The summed E-state index contributed by atoms with van der Waals surface area (Å²) in [5.41, 5.74) is 0.807. The van der Waals surface area contributed by atoms with Crippen LogP contribution in [0.5, 0.6) is 17.2 Å². The number of rotatable bonds is 19. The Labute approximate surface area is 347 Å². The van der Waals surface area contributed by atoms with Crippen molar-refractivity contribution in [1.82, 2.24) is 20.0 Å². The summed E-state index contributed by atoms with van der Waals surface area (Å²) in [5, 5.41) is 20.8. The predicted octanol–water partition coefficient (Wildman–Crippen LogP) is 4.04. The van der Waals surface area contributed by atoms with Crippen LogP contribution in [0.2, 0.25) is 0 Å². The molecule has 1 aliphatic carbocycles. The molecule has 1 saturated carbocycles. The molecule has 1 aliphatic rings. The highest BCUT2D eigenvalue weighted by Gasteiger charge is 2.66. The topological polar surface area (TPSA) is 178 Å². The molecule has 4 rings (SSSR count). The van der Waals surface area contributed by atoms with E-state index in [1.54, 1.807) is 83.3 Å². The Morgan fingerprint density at radius 1 is 0.831 bits per heavy atom. The fourth-order valence-corrected chi connectivity index (χ4v) is 7.39. The van der Waals surface area contributed by atoms with Gasteiger partial charge in [-0.3, -0.25) is 24.1 Å². The zero-order valence-electron chi connectivity index (χ0n) is 35.9. The van der Waals surface area contributed by atoms with E-state index in [4.69, 9.17) is 19.3 Å². The summed E-state index contributed by atoms with van der Waals surface area (Å²) >= 11 is 0. The maximum Gasteiger partial charge on any atom is 0.328 e. The Morgan fingerprint density at radius 2 is 1.39 bits per heavy atom. The maximum absolute atomic E-state index is 14.9. The standard InChI is InChI=1S/C45H60N4O10/c1-11-28(4)39(59-43(55)36(47(5)6)24-30-14-22-34(57-9)23-15-30)40(52)46-38(27(2)3)41(53)49(8)45(26-35(45)31-16-20-33(51)21-17-31)44(56)48(7)37(42(54)58-10)25-29-12-18-32(50)19-13-29/h12-23,27-28,35-39,50-51H,11,24-26H2,1-10H3,(H,46,52)/p+1/t28?,35?,36-,37+,38-,39-,45?/m1/s1. The molecule has 0 aromatic heterocycles. The molecule has 3 aromatic carbocycles. The van der Waals surface area contributed by atoms with Crippen molar-refractivity contribution >= 4 is 29.7 Å². The van der Waals surface area contributed by atoms with Crippen LogP contribution in [-0.4, -0.2) is 127 Å². The normalized spacial score (nSPS) is 18.5. The second kappa shape index (κ2) is 19.9. The summed E-state index contributed by atoms with van der Waals surface area (Å²) in [6, 6.07) is 17.5. The average molecular weight is 818 g/mol. The summed E-state index contributed by atoms with van der Waals surface area (Å²) < 4.78 is 16.4. The molecule has 3 unspecified atom stereocenters. The first-order valence-corrected chi connectivity index (χ1v) is 19.9. The van der Waals surface area contributed by atoms with E-state index < -0.39 is 77.2 Å². The van der Waals surface area contributed by atoms with Crippen LogP contribution in [0.25, 0.3) is 0 Å².